The van der Waals surface area contributed by atoms with Crippen molar-refractivity contribution < 1.29 is 4.74 Å². The molecule has 0 N–H and O–H groups in total. The summed E-state index contributed by atoms with van der Waals surface area (Å²) in [4.78, 5) is 0. The molecule has 5 rings (SSSR count). The summed E-state index contributed by atoms with van der Waals surface area (Å²) in [5.74, 6) is 1.29. The van der Waals surface area contributed by atoms with Crippen molar-refractivity contribution in [3.8, 4) is 22.9 Å². The van der Waals surface area contributed by atoms with Crippen molar-refractivity contribution in [2.75, 3.05) is 0 Å². The molecule has 0 saturated heterocycles. The van der Waals surface area contributed by atoms with E-state index in [0.717, 1.165) is 38.6 Å². The summed E-state index contributed by atoms with van der Waals surface area (Å²) < 4.78 is 6.24. The van der Waals surface area contributed by atoms with E-state index < -0.39 is 0 Å². The van der Waals surface area contributed by atoms with Crippen LogP contribution in [0.3, 0.4) is 0 Å². The monoisotopic (exact) mass is 362 g/mol. The van der Waals surface area contributed by atoms with E-state index in [9.17, 15) is 0 Å². The minimum Gasteiger partial charge on any atom is -0.436 e. The van der Waals surface area contributed by atoms with Gasteiger partial charge in [-0.1, -0.05) is 84.4 Å². The van der Waals surface area contributed by atoms with Crippen molar-refractivity contribution in [2.45, 2.75) is 6.92 Å². The summed E-state index contributed by atoms with van der Waals surface area (Å²) >= 11 is 0. The highest BCUT2D eigenvalue weighted by Crippen LogP contribution is 2.35. The summed E-state index contributed by atoms with van der Waals surface area (Å²) in [6.07, 6.45) is 0. The fourth-order valence-electron chi connectivity index (χ4n) is 3.47. The van der Waals surface area contributed by atoms with Gasteiger partial charge in [0.25, 0.3) is 0 Å². The lowest BCUT2D eigenvalue weighted by molar-refractivity contribution is 0.467. The Labute approximate surface area is 163 Å². The number of aryl methyl sites for hydroxylation is 1. The topological polar surface area (TPSA) is 35.0 Å². The molecule has 3 nitrogen and oxygen atoms in total. The molecule has 0 fully saturated rings. The lowest BCUT2D eigenvalue weighted by Crippen LogP contribution is -1.96. The predicted molar refractivity (Wildman–Crippen MR) is 114 cm³/mol. The van der Waals surface area contributed by atoms with Gasteiger partial charge in [0, 0.05) is 21.7 Å². The van der Waals surface area contributed by atoms with Crippen LogP contribution < -0.4 is 4.74 Å². The molecule has 0 spiro atoms. The van der Waals surface area contributed by atoms with E-state index in [1.807, 2.05) is 42.5 Å². The lowest BCUT2D eigenvalue weighted by atomic mass is 10.0. The van der Waals surface area contributed by atoms with Gasteiger partial charge in [0.2, 0.25) is 5.88 Å². The number of fused-ring (bicyclic) bond motifs is 2. The van der Waals surface area contributed by atoms with E-state index in [4.69, 9.17) is 4.74 Å². The van der Waals surface area contributed by atoms with Crippen molar-refractivity contribution in [3.63, 3.8) is 0 Å². The van der Waals surface area contributed by atoms with E-state index >= 15 is 0 Å². The Morgan fingerprint density at radius 1 is 0.607 bits per heavy atom. The first-order valence-electron chi connectivity index (χ1n) is 9.28. The quantitative estimate of drug-likeness (QED) is 0.365. The minimum absolute atomic E-state index is 0.516. The van der Waals surface area contributed by atoms with Crippen LogP contribution in [0.25, 0.3) is 32.8 Å². The van der Waals surface area contributed by atoms with Gasteiger partial charge in [-0.05, 0) is 24.4 Å². The molecular formula is C25H18N2O. The van der Waals surface area contributed by atoms with Crippen molar-refractivity contribution in [1.82, 2.24) is 10.2 Å². The van der Waals surface area contributed by atoms with Crippen LogP contribution in [0.1, 0.15) is 5.56 Å². The normalized spacial score (nSPS) is 11.0. The minimum atomic E-state index is 0.516. The van der Waals surface area contributed by atoms with Crippen LogP contribution in [0.4, 0.5) is 0 Å². The molecule has 1 heterocycles. The van der Waals surface area contributed by atoms with Crippen LogP contribution >= 0.6 is 0 Å². The first-order valence-corrected chi connectivity index (χ1v) is 9.28. The van der Waals surface area contributed by atoms with E-state index in [0.29, 0.717) is 5.88 Å². The van der Waals surface area contributed by atoms with Gasteiger partial charge in [-0.25, -0.2) is 0 Å². The Morgan fingerprint density at radius 2 is 1.29 bits per heavy atom. The standard InChI is InChI=1S/C25H18N2O/c1-17-13-15-19(16-14-17)24-21-10-4-5-11-22(21)25(27-26-24)28-23-12-6-8-18-7-2-3-9-20(18)23/h2-16H,1H3. The zero-order valence-electron chi connectivity index (χ0n) is 15.5. The zero-order chi connectivity index (χ0) is 18.9. The van der Waals surface area contributed by atoms with E-state index in [1.54, 1.807) is 0 Å². The van der Waals surface area contributed by atoms with Crippen LogP contribution in [0, 0.1) is 6.92 Å². The molecule has 0 aliphatic carbocycles. The van der Waals surface area contributed by atoms with Gasteiger partial charge in [-0.15, -0.1) is 10.2 Å². The predicted octanol–water partition coefficient (Wildman–Crippen LogP) is 6.55. The fraction of sp³-hybridized carbons (Fsp3) is 0.0400. The average Bonchev–Trinajstić information content (AvgIpc) is 2.75. The van der Waals surface area contributed by atoms with Gasteiger partial charge in [-0.3, -0.25) is 0 Å². The third-order valence-electron chi connectivity index (χ3n) is 4.93. The number of aromatic nitrogens is 2. The Balaban J connectivity index is 1.65. The van der Waals surface area contributed by atoms with Gasteiger partial charge >= 0.3 is 0 Å². The average molecular weight is 362 g/mol. The lowest BCUT2D eigenvalue weighted by Gasteiger charge is -2.12. The second-order valence-electron chi connectivity index (χ2n) is 6.84. The molecule has 0 aliphatic heterocycles. The fourth-order valence-corrected chi connectivity index (χ4v) is 3.47. The van der Waals surface area contributed by atoms with Crippen LogP contribution in [0.5, 0.6) is 11.6 Å². The third kappa shape index (κ3) is 2.87. The third-order valence-corrected chi connectivity index (χ3v) is 4.93. The first kappa shape index (κ1) is 16.5. The molecule has 28 heavy (non-hydrogen) atoms. The molecule has 0 bridgehead atoms. The van der Waals surface area contributed by atoms with Crippen LogP contribution in [0.15, 0.2) is 91.0 Å². The molecule has 0 radical (unpaired) electrons. The molecule has 0 unspecified atom stereocenters. The van der Waals surface area contributed by atoms with Crippen molar-refractivity contribution in [2.24, 2.45) is 0 Å². The number of ether oxygens (including phenoxy) is 1. The Kier molecular flexibility index (Phi) is 3.99. The highest BCUT2D eigenvalue weighted by Gasteiger charge is 2.13. The van der Waals surface area contributed by atoms with Crippen molar-refractivity contribution >= 4 is 21.5 Å². The molecule has 0 saturated carbocycles. The molecule has 3 heteroatoms. The number of nitrogens with zero attached hydrogens (tertiary/aromatic N) is 2. The number of benzene rings is 4. The van der Waals surface area contributed by atoms with Gasteiger partial charge < -0.3 is 4.74 Å². The SMILES string of the molecule is Cc1ccc(-c2nnc(Oc3cccc4ccccc34)c3ccccc23)cc1. The van der Waals surface area contributed by atoms with E-state index in [1.165, 1.54) is 5.56 Å². The van der Waals surface area contributed by atoms with Crippen molar-refractivity contribution in [1.29, 1.82) is 0 Å². The summed E-state index contributed by atoms with van der Waals surface area (Å²) in [6, 6.07) is 30.7. The highest BCUT2D eigenvalue weighted by atomic mass is 16.5. The van der Waals surface area contributed by atoms with Gasteiger partial charge in [0.15, 0.2) is 0 Å². The Hall–Kier alpha value is -3.72. The Morgan fingerprint density at radius 3 is 2.11 bits per heavy atom. The van der Waals surface area contributed by atoms with E-state index in [2.05, 4.69) is 65.7 Å². The molecule has 134 valence electrons. The van der Waals surface area contributed by atoms with Gasteiger partial charge in [0.05, 0.1) is 0 Å². The zero-order valence-corrected chi connectivity index (χ0v) is 15.5. The molecule has 4 aromatic carbocycles. The van der Waals surface area contributed by atoms with Crippen molar-refractivity contribution in [3.05, 3.63) is 96.6 Å². The van der Waals surface area contributed by atoms with E-state index in [-0.39, 0.29) is 0 Å². The highest BCUT2D eigenvalue weighted by molar-refractivity contribution is 5.97. The maximum absolute atomic E-state index is 6.24. The second kappa shape index (κ2) is 6.78. The van der Waals surface area contributed by atoms with Crippen LogP contribution in [0.2, 0.25) is 0 Å². The molecule has 5 aromatic rings. The van der Waals surface area contributed by atoms with Gasteiger partial charge in [0.1, 0.15) is 11.4 Å². The summed E-state index contributed by atoms with van der Waals surface area (Å²) in [6.45, 7) is 2.08. The summed E-state index contributed by atoms with van der Waals surface area (Å²) in [5.41, 5.74) is 3.13. The number of hydrogen-bond acceptors (Lipinski definition) is 3. The smallest absolute Gasteiger partial charge is 0.246 e. The van der Waals surface area contributed by atoms with Crippen LogP contribution in [-0.2, 0) is 0 Å². The molecule has 0 amide bonds. The number of hydrogen-bond donors (Lipinski definition) is 0. The first-order chi connectivity index (χ1) is 13.8. The maximum Gasteiger partial charge on any atom is 0.246 e. The second-order valence-corrected chi connectivity index (χ2v) is 6.84. The van der Waals surface area contributed by atoms with Gasteiger partial charge in [-0.2, -0.15) is 0 Å². The molecule has 0 aliphatic rings. The summed E-state index contributed by atoms with van der Waals surface area (Å²) in [5, 5.41) is 13.1. The molecule has 0 atom stereocenters. The molecule has 1 aromatic heterocycles. The largest absolute Gasteiger partial charge is 0.436 e. The molecular weight excluding hydrogens is 344 g/mol. The number of rotatable bonds is 3. The Bertz CT molecular complexity index is 1290. The van der Waals surface area contributed by atoms with Crippen LogP contribution in [-0.4, -0.2) is 10.2 Å². The summed E-state index contributed by atoms with van der Waals surface area (Å²) in [7, 11) is 0. The maximum atomic E-state index is 6.24.